The molecule has 0 bridgehead atoms. The molecular weight excluding hydrogens is 759 g/mol. The molecule has 0 saturated heterocycles. The van der Waals surface area contributed by atoms with E-state index in [1.165, 1.54) is 22.6 Å². The monoisotopic (exact) mass is 803 g/mol. The Bertz CT molecular complexity index is 1870. The predicted octanol–water partition coefficient (Wildman–Crippen LogP) is 11.4. The molecule has 2 heterocycles. The van der Waals surface area contributed by atoms with Crippen LogP contribution in [0.5, 0.6) is 11.5 Å². The number of aliphatic hydroxyl groups is 1. The van der Waals surface area contributed by atoms with Crippen molar-refractivity contribution < 1.29 is 34.7 Å². The zero-order chi connectivity index (χ0) is 32.8. The van der Waals surface area contributed by atoms with Crippen LogP contribution in [0, 0.1) is 23.8 Å². The molecule has 0 unspecified atom stereocenters. The van der Waals surface area contributed by atoms with Crippen LogP contribution < -0.4 is 4.74 Å². The summed E-state index contributed by atoms with van der Waals surface area (Å²) in [4.78, 5) is 16.0. The van der Waals surface area contributed by atoms with Crippen LogP contribution >= 0.6 is 0 Å². The van der Waals surface area contributed by atoms with E-state index in [0.717, 1.165) is 51.3 Å². The first kappa shape index (κ1) is 35.8. The normalized spacial score (nSPS) is 11.9. The number of rotatable bonds is 8. The summed E-state index contributed by atoms with van der Waals surface area (Å²) in [5.41, 5.74) is 7.78. The fourth-order valence-corrected chi connectivity index (χ4v) is 5.91. The van der Waals surface area contributed by atoms with Crippen molar-refractivity contribution in [2.45, 2.75) is 60.8 Å². The van der Waals surface area contributed by atoms with E-state index in [9.17, 15) is 9.90 Å². The van der Waals surface area contributed by atoms with Gasteiger partial charge in [-0.25, -0.2) is 0 Å². The van der Waals surface area contributed by atoms with Crippen LogP contribution in [-0.4, -0.2) is 15.9 Å². The van der Waals surface area contributed by atoms with Crippen LogP contribution in [-0.2, 0) is 31.3 Å². The first-order valence-corrected chi connectivity index (χ1v) is 16.3. The van der Waals surface area contributed by atoms with Gasteiger partial charge in [-0.1, -0.05) is 108 Å². The van der Waals surface area contributed by atoms with Crippen molar-refractivity contribution in [1.82, 2.24) is 4.98 Å². The Kier molecular flexibility index (Phi) is 12.3. The Morgan fingerprint density at radius 2 is 1.45 bits per heavy atom. The summed E-state index contributed by atoms with van der Waals surface area (Å²) in [6, 6.07) is 33.1. The molecule has 0 spiro atoms. The number of carbonyl (C=O) groups is 1. The number of pyridine rings is 1. The van der Waals surface area contributed by atoms with E-state index in [-0.39, 0.29) is 31.6 Å². The minimum atomic E-state index is 0. The third kappa shape index (κ3) is 9.06. The number of aliphatic hydroxyl groups excluding tert-OH is 1. The summed E-state index contributed by atoms with van der Waals surface area (Å²) in [6.07, 6.45) is 5.41. The maximum absolute atomic E-state index is 11.2. The van der Waals surface area contributed by atoms with E-state index in [0.29, 0.717) is 30.6 Å². The van der Waals surface area contributed by atoms with E-state index >= 15 is 0 Å². The second kappa shape index (κ2) is 16.2. The largest absolute Gasteiger partial charge is 0.512 e. The topological polar surface area (TPSA) is 59.4 Å². The second-order valence-corrected chi connectivity index (χ2v) is 13.4. The number of fused-ring (bicyclic) bond motifs is 6. The van der Waals surface area contributed by atoms with Crippen molar-refractivity contribution in [3.63, 3.8) is 0 Å². The Morgan fingerprint density at radius 1 is 0.787 bits per heavy atom. The number of benzene rings is 4. The summed E-state index contributed by atoms with van der Waals surface area (Å²) in [6.45, 7) is 12.5. The van der Waals surface area contributed by atoms with Crippen molar-refractivity contribution in [3.05, 3.63) is 115 Å². The first-order valence-electron chi connectivity index (χ1n) is 16.3. The van der Waals surface area contributed by atoms with Crippen molar-refractivity contribution in [1.29, 1.82) is 0 Å². The minimum absolute atomic E-state index is 0. The van der Waals surface area contributed by atoms with Gasteiger partial charge in [-0.2, -0.15) is 0 Å². The summed E-state index contributed by atoms with van der Waals surface area (Å²) in [7, 11) is 0. The fourth-order valence-electron chi connectivity index (χ4n) is 5.91. The number of aromatic nitrogens is 1. The molecule has 4 aromatic carbocycles. The third-order valence-electron chi connectivity index (χ3n) is 7.81. The molecular formula is C42H44IrNO3-. The van der Waals surface area contributed by atoms with Gasteiger partial charge in [0.25, 0.3) is 0 Å². The van der Waals surface area contributed by atoms with Crippen LogP contribution in [0.15, 0.2) is 103 Å². The molecule has 0 fully saturated rings. The zero-order valence-corrected chi connectivity index (χ0v) is 30.5. The number of nitrogens with zero attached hydrogens (tertiary/aromatic N) is 1. The quantitative estimate of drug-likeness (QED) is 0.0946. The van der Waals surface area contributed by atoms with Crippen molar-refractivity contribution in [2.75, 3.05) is 0 Å². The standard InChI is InChI=1S/C31H24NO.C11H20O2.Ir/c1-20(2)17-21-11-12-22-15-16-32-31(27(22)18-21)23-13-14-30-28(19-23)25-8-4-3-7-24(25)26-9-5-6-10-29(26)33-30;1-8(2)5-10(12)7-11(13)6-9(3)4;/h3-12,14-16,18-20H,17H2,1-2H3;7-9,12H,5-6H2,1-4H3;/q-1;;/b;10-7-;. The molecule has 1 radical (unpaired) electrons. The van der Waals surface area contributed by atoms with Gasteiger partial charge in [0.2, 0.25) is 0 Å². The number of allylic oxidation sites excluding steroid dienone is 2. The van der Waals surface area contributed by atoms with Crippen LogP contribution in [0.25, 0.3) is 44.3 Å². The molecule has 4 nitrogen and oxygen atoms in total. The summed E-state index contributed by atoms with van der Waals surface area (Å²) >= 11 is 0. The van der Waals surface area contributed by atoms with E-state index in [2.05, 4.69) is 86.6 Å². The smallest absolute Gasteiger partial charge is 0.159 e. The molecule has 5 aromatic rings. The average molecular weight is 803 g/mol. The van der Waals surface area contributed by atoms with Crippen LogP contribution in [0.3, 0.4) is 0 Å². The van der Waals surface area contributed by atoms with E-state index in [1.54, 1.807) is 0 Å². The van der Waals surface area contributed by atoms with Gasteiger partial charge in [0.15, 0.2) is 5.78 Å². The molecule has 1 aliphatic heterocycles. The zero-order valence-electron chi connectivity index (χ0n) is 28.1. The first-order chi connectivity index (χ1) is 22.1. The Labute approximate surface area is 293 Å². The number of para-hydroxylation sites is 1. The van der Waals surface area contributed by atoms with E-state index in [1.807, 2.05) is 52.1 Å². The number of hydrogen-bond acceptors (Lipinski definition) is 4. The van der Waals surface area contributed by atoms with Crippen molar-refractivity contribution in [3.8, 4) is 45.0 Å². The Hall–Kier alpha value is -4.05. The molecule has 5 heteroatoms. The van der Waals surface area contributed by atoms with Crippen molar-refractivity contribution in [2.24, 2.45) is 17.8 Å². The molecule has 0 aliphatic carbocycles. The van der Waals surface area contributed by atoms with Gasteiger partial charge in [0.1, 0.15) is 5.75 Å². The predicted molar refractivity (Wildman–Crippen MR) is 190 cm³/mol. The molecule has 1 N–H and O–H groups in total. The Morgan fingerprint density at radius 3 is 2.13 bits per heavy atom. The fraction of sp³-hybridized carbons (Fsp3) is 0.286. The summed E-state index contributed by atoms with van der Waals surface area (Å²) in [5.74, 6) is 3.27. The van der Waals surface area contributed by atoms with Gasteiger partial charge in [-0.15, -0.1) is 23.8 Å². The number of carbonyl (C=O) groups excluding carboxylic acids is 1. The van der Waals surface area contributed by atoms with E-state index < -0.39 is 0 Å². The van der Waals surface area contributed by atoms with Crippen LogP contribution in [0.1, 0.15) is 59.9 Å². The molecule has 1 aliphatic rings. The van der Waals surface area contributed by atoms with Gasteiger partial charge >= 0.3 is 0 Å². The molecule has 6 rings (SSSR count). The molecule has 0 atom stereocenters. The molecule has 0 amide bonds. The molecule has 1 aromatic heterocycles. The minimum Gasteiger partial charge on any atom is -0.512 e. The number of ether oxygens (including phenoxy) is 1. The Balaban J connectivity index is 0.000000307. The third-order valence-corrected chi connectivity index (χ3v) is 7.81. The molecule has 0 saturated carbocycles. The SMILES string of the molecule is CC(C)CC(=O)/C=C(\O)CC(C)C.CC(C)Cc1ccc2ccnc(-c3[c-]cc4c(c3)-c3ccccc3-c3ccccc3O4)c2c1.[Ir]. The van der Waals surface area contributed by atoms with Gasteiger partial charge < -0.3 is 14.8 Å². The number of hydrogen-bond donors (Lipinski definition) is 1. The van der Waals surface area contributed by atoms with Gasteiger partial charge in [0.05, 0.1) is 11.5 Å². The van der Waals surface area contributed by atoms with Crippen LogP contribution in [0.4, 0.5) is 0 Å². The van der Waals surface area contributed by atoms with Gasteiger partial charge in [0, 0.05) is 50.8 Å². The number of ketones is 1. The maximum Gasteiger partial charge on any atom is 0.159 e. The van der Waals surface area contributed by atoms with E-state index in [4.69, 9.17) is 9.72 Å². The summed E-state index contributed by atoms with van der Waals surface area (Å²) < 4.78 is 6.37. The molecule has 47 heavy (non-hydrogen) atoms. The van der Waals surface area contributed by atoms with Gasteiger partial charge in [-0.3, -0.25) is 4.79 Å². The summed E-state index contributed by atoms with van der Waals surface area (Å²) in [5, 5.41) is 11.7. The van der Waals surface area contributed by atoms with Gasteiger partial charge in [-0.05, 0) is 69.5 Å². The second-order valence-electron chi connectivity index (χ2n) is 13.4. The maximum atomic E-state index is 11.2. The van der Waals surface area contributed by atoms with Crippen molar-refractivity contribution >= 4 is 16.6 Å². The molecule has 245 valence electrons. The average Bonchev–Trinajstić information content (AvgIpc) is 3.14. The van der Waals surface area contributed by atoms with Crippen LogP contribution in [0.2, 0.25) is 0 Å².